The number of nitrogens with zero attached hydrogens (tertiary/aromatic N) is 2. The molecule has 0 aliphatic carbocycles. The molecule has 2 atom stereocenters. The van der Waals surface area contributed by atoms with Crippen molar-refractivity contribution in [3.8, 4) is 12.1 Å². The largest absolute Gasteiger partial charge is 0.198 e. The van der Waals surface area contributed by atoms with Crippen molar-refractivity contribution in [1.29, 1.82) is 10.5 Å². The van der Waals surface area contributed by atoms with Crippen molar-refractivity contribution in [2.24, 2.45) is 11.8 Å². The third-order valence-electron chi connectivity index (χ3n) is 2.52. The number of rotatable bonds is 3. The summed E-state index contributed by atoms with van der Waals surface area (Å²) in [5.74, 6) is -0.367. The highest BCUT2D eigenvalue weighted by Gasteiger charge is 2.25. The van der Waals surface area contributed by atoms with Gasteiger partial charge in [-0.2, -0.15) is 10.5 Å². The molecule has 0 aliphatic heterocycles. The van der Waals surface area contributed by atoms with Crippen molar-refractivity contribution in [3.05, 3.63) is 35.9 Å². The fourth-order valence-electron chi connectivity index (χ4n) is 1.63. The van der Waals surface area contributed by atoms with Crippen molar-refractivity contribution in [3.63, 3.8) is 0 Å². The van der Waals surface area contributed by atoms with Gasteiger partial charge >= 0.3 is 0 Å². The second kappa shape index (κ2) is 5.17. The molecule has 2 heteroatoms. The Morgan fingerprint density at radius 2 is 1.60 bits per heavy atom. The lowest BCUT2D eigenvalue weighted by Gasteiger charge is -2.18. The molecule has 15 heavy (non-hydrogen) atoms. The quantitative estimate of drug-likeness (QED) is 0.749. The molecular formula is C13H14N2. The lowest BCUT2D eigenvalue weighted by Crippen LogP contribution is -2.15. The maximum absolute atomic E-state index is 9.13. The first-order chi connectivity index (χ1) is 7.20. The van der Waals surface area contributed by atoms with Gasteiger partial charge in [0.1, 0.15) is 0 Å². The molecule has 0 unspecified atom stereocenters. The summed E-state index contributed by atoms with van der Waals surface area (Å²) in [4.78, 5) is 0. The normalized spacial score (nSPS) is 13.9. The van der Waals surface area contributed by atoms with Crippen LogP contribution in [-0.4, -0.2) is 0 Å². The summed E-state index contributed by atoms with van der Waals surface area (Å²) in [7, 11) is 0. The van der Waals surface area contributed by atoms with E-state index in [0.29, 0.717) is 0 Å². The Bertz CT molecular complexity index is 381. The highest BCUT2D eigenvalue weighted by atomic mass is 14.4. The van der Waals surface area contributed by atoms with Crippen molar-refractivity contribution in [2.75, 3.05) is 0 Å². The van der Waals surface area contributed by atoms with E-state index in [4.69, 9.17) is 10.5 Å². The van der Waals surface area contributed by atoms with Gasteiger partial charge in [-0.05, 0) is 11.5 Å². The van der Waals surface area contributed by atoms with E-state index in [9.17, 15) is 0 Å². The van der Waals surface area contributed by atoms with Crippen LogP contribution < -0.4 is 0 Å². The molecule has 1 aromatic carbocycles. The summed E-state index contributed by atoms with van der Waals surface area (Å²) < 4.78 is 0. The minimum absolute atomic E-state index is 0.194. The van der Waals surface area contributed by atoms with Crippen LogP contribution in [0.15, 0.2) is 30.3 Å². The lowest BCUT2D eigenvalue weighted by molar-refractivity contribution is 0.443. The summed E-state index contributed by atoms with van der Waals surface area (Å²) in [6, 6.07) is 14.0. The lowest BCUT2D eigenvalue weighted by atomic mass is 9.81. The number of benzene rings is 1. The molecule has 1 rings (SSSR count). The van der Waals surface area contributed by atoms with Crippen LogP contribution in [0.25, 0.3) is 0 Å². The van der Waals surface area contributed by atoms with Crippen molar-refractivity contribution in [1.82, 2.24) is 0 Å². The fourth-order valence-corrected chi connectivity index (χ4v) is 1.63. The molecule has 0 amide bonds. The van der Waals surface area contributed by atoms with Gasteiger partial charge in [-0.3, -0.25) is 0 Å². The van der Waals surface area contributed by atoms with E-state index < -0.39 is 0 Å². The van der Waals surface area contributed by atoms with Gasteiger partial charge in [-0.25, -0.2) is 0 Å². The highest BCUT2D eigenvalue weighted by molar-refractivity contribution is 5.27. The maximum atomic E-state index is 9.13. The van der Waals surface area contributed by atoms with E-state index in [1.165, 1.54) is 0 Å². The molecule has 0 saturated carbocycles. The Kier molecular flexibility index (Phi) is 3.89. The Balaban J connectivity index is 3.01. The van der Waals surface area contributed by atoms with Crippen molar-refractivity contribution < 1.29 is 0 Å². The van der Waals surface area contributed by atoms with Crippen LogP contribution in [0.1, 0.15) is 25.3 Å². The highest BCUT2D eigenvalue weighted by Crippen LogP contribution is 2.28. The summed E-state index contributed by atoms with van der Waals surface area (Å²) in [5.41, 5.74) is 0.931. The van der Waals surface area contributed by atoms with Crippen LogP contribution >= 0.6 is 0 Å². The third kappa shape index (κ3) is 2.58. The van der Waals surface area contributed by atoms with Crippen LogP contribution in [0.2, 0.25) is 0 Å². The molecular weight excluding hydrogens is 184 g/mol. The number of nitriles is 2. The molecule has 0 aromatic heterocycles. The standard InChI is InChI=1S/C13H14N2/c1-10(2)12(8-14)13(9-15)11-6-4-3-5-7-11/h3-7,10,12-13H,1-2H3/t12-,13-/m0/s1. The summed E-state index contributed by atoms with van der Waals surface area (Å²) >= 11 is 0. The van der Waals surface area contributed by atoms with Gasteiger partial charge < -0.3 is 0 Å². The fraction of sp³-hybridized carbons (Fsp3) is 0.385. The van der Waals surface area contributed by atoms with Gasteiger partial charge in [0.25, 0.3) is 0 Å². The molecule has 0 bridgehead atoms. The maximum Gasteiger partial charge on any atom is 0.0873 e. The first-order valence-electron chi connectivity index (χ1n) is 5.05. The number of hydrogen-bond donors (Lipinski definition) is 0. The zero-order valence-corrected chi connectivity index (χ0v) is 9.01. The van der Waals surface area contributed by atoms with E-state index in [-0.39, 0.29) is 17.8 Å². The molecule has 2 nitrogen and oxygen atoms in total. The molecule has 0 aliphatic rings. The first kappa shape index (κ1) is 11.3. The molecule has 1 aromatic rings. The van der Waals surface area contributed by atoms with E-state index in [1.54, 1.807) is 0 Å². The topological polar surface area (TPSA) is 47.6 Å². The molecule has 0 heterocycles. The van der Waals surface area contributed by atoms with Gasteiger partial charge in [0.15, 0.2) is 0 Å². The van der Waals surface area contributed by atoms with Crippen LogP contribution in [0, 0.1) is 34.5 Å². The zero-order valence-electron chi connectivity index (χ0n) is 9.01. The zero-order chi connectivity index (χ0) is 11.3. The Morgan fingerprint density at radius 1 is 1.00 bits per heavy atom. The SMILES string of the molecule is CC(C)[C@H](C#N)[C@@H](C#N)c1ccccc1. The van der Waals surface area contributed by atoms with Gasteiger partial charge in [-0.15, -0.1) is 0 Å². The van der Waals surface area contributed by atoms with Gasteiger partial charge in [0.05, 0.1) is 24.0 Å². The Hall–Kier alpha value is -1.80. The number of hydrogen-bond acceptors (Lipinski definition) is 2. The molecule has 0 spiro atoms. The monoisotopic (exact) mass is 198 g/mol. The van der Waals surface area contributed by atoms with E-state index in [2.05, 4.69) is 12.1 Å². The summed E-state index contributed by atoms with van der Waals surface area (Å²) in [5, 5.41) is 18.2. The molecule has 0 radical (unpaired) electrons. The van der Waals surface area contributed by atoms with E-state index >= 15 is 0 Å². The second-order valence-corrected chi connectivity index (χ2v) is 3.92. The predicted octanol–water partition coefficient (Wildman–Crippen LogP) is 3.09. The third-order valence-corrected chi connectivity index (χ3v) is 2.52. The van der Waals surface area contributed by atoms with Crippen LogP contribution in [-0.2, 0) is 0 Å². The average Bonchev–Trinajstić information content (AvgIpc) is 2.26. The van der Waals surface area contributed by atoms with Crippen LogP contribution in [0.5, 0.6) is 0 Å². The average molecular weight is 198 g/mol. The molecule has 0 fully saturated rings. The Morgan fingerprint density at radius 3 is 2.00 bits per heavy atom. The van der Waals surface area contributed by atoms with Gasteiger partial charge in [0.2, 0.25) is 0 Å². The second-order valence-electron chi connectivity index (χ2n) is 3.92. The van der Waals surface area contributed by atoms with Crippen molar-refractivity contribution in [2.45, 2.75) is 19.8 Å². The van der Waals surface area contributed by atoms with Crippen LogP contribution in [0.3, 0.4) is 0 Å². The van der Waals surface area contributed by atoms with Gasteiger partial charge in [-0.1, -0.05) is 44.2 Å². The minimum atomic E-state index is -0.323. The Labute approximate surface area is 90.8 Å². The summed E-state index contributed by atoms with van der Waals surface area (Å²) in [6.07, 6.45) is 0. The smallest absolute Gasteiger partial charge is 0.0873 e. The molecule has 76 valence electrons. The van der Waals surface area contributed by atoms with E-state index in [1.807, 2.05) is 44.2 Å². The van der Waals surface area contributed by atoms with Gasteiger partial charge in [0, 0.05) is 0 Å². The van der Waals surface area contributed by atoms with Crippen LogP contribution in [0.4, 0.5) is 0 Å². The first-order valence-corrected chi connectivity index (χ1v) is 5.05. The van der Waals surface area contributed by atoms with E-state index in [0.717, 1.165) is 5.56 Å². The predicted molar refractivity (Wildman–Crippen MR) is 58.7 cm³/mol. The minimum Gasteiger partial charge on any atom is -0.198 e. The summed E-state index contributed by atoms with van der Waals surface area (Å²) in [6.45, 7) is 3.95. The molecule has 0 saturated heterocycles. The van der Waals surface area contributed by atoms with Crippen molar-refractivity contribution >= 4 is 0 Å². The molecule has 0 N–H and O–H groups in total.